The molecule has 3 heteroatoms. The van der Waals surface area contributed by atoms with Crippen molar-refractivity contribution in [2.24, 2.45) is 0 Å². The smallest absolute Gasteiger partial charge is 0.129 e. The third-order valence-corrected chi connectivity index (χ3v) is 3.09. The number of para-hydroxylation sites is 1. The van der Waals surface area contributed by atoms with E-state index in [2.05, 4.69) is 16.0 Å². The predicted octanol–water partition coefficient (Wildman–Crippen LogP) is 3.87. The SMILES string of the molecule is Clc1cccc(Cc2ccnc3ccccc23)n1. The zero-order valence-corrected chi connectivity index (χ0v) is 10.4. The number of pyridine rings is 2. The van der Waals surface area contributed by atoms with E-state index in [-0.39, 0.29) is 0 Å². The van der Waals surface area contributed by atoms with Crippen molar-refractivity contribution in [1.82, 2.24) is 9.97 Å². The Hall–Kier alpha value is -1.93. The van der Waals surface area contributed by atoms with Crippen molar-refractivity contribution in [3.05, 3.63) is 71.1 Å². The van der Waals surface area contributed by atoms with E-state index in [4.69, 9.17) is 11.6 Å². The van der Waals surface area contributed by atoms with Gasteiger partial charge < -0.3 is 0 Å². The van der Waals surface area contributed by atoms with Crippen LogP contribution in [-0.4, -0.2) is 9.97 Å². The lowest BCUT2D eigenvalue weighted by Crippen LogP contribution is -1.94. The first-order chi connectivity index (χ1) is 8.83. The minimum absolute atomic E-state index is 0.533. The summed E-state index contributed by atoms with van der Waals surface area (Å²) in [5.74, 6) is 0. The molecule has 0 amide bonds. The molecular formula is C15H11ClN2. The Morgan fingerprint density at radius 1 is 0.944 bits per heavy atom. The zero-order chi connectivity index (χ0) is 12.4. The maximum Gasteiger partial charge on any atom is 0.129 e. The third-order valence-electron chi connectivity index (χ3n) is 2.88. The summed E-state index contributed by atoms with van der Waals surface area (Å²) < 4.78 is 0. The highest BCUT2D eigenvalue weighted by atomic mass is 35.5. The number of hydrogen-bond donors (Lipinski definition) is 0. The van der Waals surface area contributed by atoms with E-state index in [1.54, 1.807) is 6.07 Å². The number of halogens is 1. The minimum Gasteiger partial charge on any atom is -0.256 e. The fourth-order valence-corrected chi connectivity index (χ4v) is 2.23. The molecule has 3 rings (SSSR count). The van der Waals surface area contributed by atoms with Gasteiger partial charge in [-0.3, -0.25) is 4.98 Å². The van der Waals surface area contributed by atoms with E-state index in [1.165, 1.54) is 10.9 Å². The van der Waals surface area contributed by atoms with E-state index in [0.29, 0.717) is 5.15 Å². The Balaban J connectivity index is 2.05. The molecule has 2 nitrogen and oxygen atoms in total. The van der Waals surface area contributed by atoms with Crippen LogP contribution in [0.25, 0.3) is 10.9 Å². The lowest BCUT2D eigenvalue weighted by atomic mass is 10.0. The van der Waals surface area contributed by atoms with Crippen LogP contribution in [0.4, 0.5) is 0 Å². The van der Waals surface area contributed by atoms with Crippen molar-refractivity contribution >= 4 is 22.5 Å². The second kappa shape index (κ2) is 4.75. The number of aromatic nitrogens is 2. The van der Waals surface area contributed by atoms with Crippen molar-refractivity contribution in [2.75, 3.05) is 0 Å². The average molecular weight is 255 g/mol. The van der Waals surface area contributed by atoms with Crippen molar-refractivity contribution in [3.63, 3.8) is 0 Å². The summed E-state index contributed by atoms with van der Waals surface area (Å²) in [7, 11) is 0. The molecule has 0 bridgehead atoms. The van der Waals surface area contributed by atoms with Crippen LogP contribution in [0.2, 0.25) is 5.15 Å². The Morgan fingerprint density at radius 2 is 1.83 bits per heavy atom. The molecule has 2 aromatic heterocycles. The summed E-state index contributed by atoms with van der Waals surface area (Å²) in [5, 5.41) is 1.70. The summed E-state index contributed by atoms with van der Waals surface area (Å²) in [4.78, 5) is 8.67. The van der Waals surface area contributed by atoms with Crippen LogP contribution in [-0.2, 0) is 6.42 Å². The summed E-state index contributed by atoms with van der Waals surface area (Å²) >= 11 is 5.91. The van der Waals surface area contributed by atoms with Gasteiger partial charge in [0.2, 0.25) is 0 Å². The van der Waals surface area contributed by atoms with Gasteiger partial charge >= 0.3 is 0 Å². The molecule has 0 aliphatic heterocycles. The van der Waals surface area contributed by atoms with Gasteiger partial charge in [-0.2, -0.15) is 0 Å². The van der Waals surface area contributed by atoms with Crippen molar-refractivity contribution in [3.8, 4) is 0 Å². The quantitative estimate of drug-likeness (QED) is 0.649. The van der Waals surface area contributed by atoms with Gasteiger partial charge in [-0.05, 0) is 29.8 Å². The fraction of sp³-hybridized carbons (Fsp3) is 0.0667. The molecule has 0 spiro atoms. The van der Waals surface area contributed by atoms with E-state index in [0.717, 1.165) is 17.6 Å². The van der Waals surface area contributed by atoms with Crippen LogP contribution in [0.5, 0.6) is 0 Å². The number of hydrogen-bond acceptors (Lipinski definition) is 2. The van der Waals surface area contributed by atoms with Gasteiger partial charge in [-0.25, -0.2) is 4.98 Å². The largest absolute Gasteiger partial charge is 0.256 e. The van der Waals surface area contributed by atoms with Gasteiger partial charge in [0.25, 0.3) is 0 Å². The first-order valence-corrected chi connectivity index (χ1v) is 6.15. The lowest BCUT2D eigenvalue weighted by Gasteiger charge is -2.05. The first kappa shape index (κ1) is 11.2. The number of benzene rings is 1. The van der Waals surface area contributed by atoms with Crippen LogP contribution in [0, 0.1) is 0 Å². The highest BCUT2D eigenvalue weighted by molar-refractivity contribution is 6.29. The first-order valence-electron chi connectivity index (χ1n) is 5.77. The van der Waals surface area contributed by atoms with E-state index in [1.807, 2.05) is 42.6 Å². The molecular weight excluding hydrogens is 244 g/mol. The Bertz CT molecular complexity index is 689. The second-order valence-electron chi connectivity index (χ2n) is 4.12. The Kier molecular flexibility index (Phi) is 2.95. The molecule has 0 aliphatic rings. The molecule has 2 heterocycles. The molecule has 0 saturated carbocycles. The van der Waals surface area contributed by atoms with Crippen LogP contribution < -0.4 is 0 Å². The highest BCUT2D eigenvalue weighted by Gasteiger charge is 2.03. The molecule has 3 aromatic rings. The average Bonchev–Trinajstić information content (AvgIpc) is 2.39. The molecule has 0 aliphatic carbocycles. The third kappa shape index (κ3) is 2.20. The van der Waals surface area contributed by atoms with E-state index < -0.39 is 0 Å². The predicted molar refractivity (Wildman–Crippen MR) is 73.8 cm³/mol. The van der Waals surface area contributed by atoms with E-state index in [9.17, 15) is 0 Å². The highest BCUT2D eigenvalue weighted by Crippen LogP contribution is 2.19. The molecule has 0 unspecified atom stereocenters. The molecule has 1 aromatic carbocycles. The summed E-state index contributed by atoms with van der Waals surface area (Å²) in [6.45, 7) is 0. The fourth-order valence-electron chi connectivity index (χ4n) is 2.05. The molecule has 18 heavy (non-hydrogen) atoms. The van der Waals surface area contributed by atoms with E-state index >= 15 is 0 Å². The van der Waals surface area contributed by atoms with Crippen molar-refractivity contribution in [1.29, 1.82) is 0 Å². The Morgan fingerprint density at radius 3 is 2.72 bits per heavy atom. The van der Waals surface area contributed by atoms with Gasteiger partial charge in [0.05, 0.1) is 5.52 Å². The normalized spacial score (nSPS) is 10.7. The Labute approximate surface area is 110 Å². The van der Waals surface area contributed by atoms with Crippen LogP contribution in [0.15, 0.2) is 54.7 Å². The molecule has 0 N–H and O–H groups in total. The monoisotopic (exact) mass is 254 g/mol. The second-order valence-corrected chi connectivity index (χ2v) is 4.50. The van der Waals surface area contributed by atoms with Crippen LogP contribution >= 0.6 is 11.6 Å². The maximum atomic E-state index is 5.91. The molecule has 0 saturated heterocycles. The molecule has 0 fully saturated rings. The number of rotatable bonds is 2. The van der Waals surface area contributed by atoms with Crippen LogP contribution in [0.3, 0.4) is 0 Å². The van der Waals surface area contributed by atoms with Gasteiger partial charge in [-0.1, -0.05) is 35.9 Å². The van der Waals surface area contributed by atoms with Crippen molar-refractivity contribution < 1.29 is 0 Å². The topological polar surface area (TPSA) is 25.8 Å². The number of fused-ring (bicyclic) bond motifs is 1. The molecule has 88 valence electrons. The summed E-state index contributed by atoms with van der Waals surface area (Å²) in [5.41, 5.74) is 3.20. The lowest BCUT2D eigenvalue weighted by molar-refractivity contribution is 1.08. The van der Waals surface area contributed by atoms with Crippen molar-refractivity contribution in [2.45, 2.75) is 6.42 Å². The number of nitrogens with zero attached hydrogens (tertiary/aromatic N) is 2. The van der Waals surface area contributed by atoms with Gasteiger partial charge in [0.1, 0.15) is 5.15 Å². The standard InChI is InChI=1S/C15H11ClN2/c16-15-7-3-4-12(18-15)10-11-8-9-17-14-6-2-1-5-13(11)14/h1-9H,10H2. The molecule has 0 radical (unpaired) electrons. The van der Waals surface area contributed by atoms with Gasteiger partial charge in [0.15, 0.2) is 0 Å². The minimum atomic E-state index is 0.533. The zero-order valence-electron chi connectivity index (χ0n) is 9.68. The maximum absolute atomic E-state index is 5.91. The van der Waals surface area contributed by atoms with Crippen LogP contribution in [0.1, 0.15) is 11.3 Å². The van der Waals surface area contributed by atoms with Gasteiger partial charge in [-0.15, -0.1) is 0 Å². The summed E-state index contributed by atoms with van der Waals surface area (Å²) in [6.07, 6.45) is 2.60. The van der Waals surface area contributed by atoms with Gasteiger partial charge in [0, 0.05) is 23.7 Å². The summed E-state index contributed by atoms with van der Waals surface area (Å²) in [6, 6.07) is 15.9. The molecule has 0 atom stereocenters.